The van der Waals surface area contributed by atoms with Crippen LogP contribution in [0.4, 0.5) is 5.69 Å². The van der Waals surface area contributed by atoms with Gasteiger partial charge < -0.3 is 25.0 Å². The number of rotatable bonds is 6. The van der Waals surface area contributed by atoms with Gasteiger partial charge in [-0.1, -0.05) is 12.1 Å². The van der Waals surface area contributed by atoms with Gasteiger partial charge in [-0.25, -0.2) is 0 Å². The number of quaternary nitrogens is 1. The Morgan fingerprint density at radius 2 is 1.87 bits per heavy atom. The second-order valence-corrected chi connectivity index (χ2v) is 8.26. The summed E-state index contributed by atoms with van der Waals surface area (Å²) in [6, 6.07) is 12.1. The van der Waals surface area contributed by atoms with Crippen molar-refractivity contribution in [2.45, 2.75) is 32.7 Å². The largest absolute Gasteiger partial charge is 0.486 e. The number of hydrogen-bond donors (Lipinski definition) is 3. The molecule has 0 bridgehead atoms. The van der Waals surface area contributed by atoms with Crippen LogP contribution in [0.25, 0.3) is 0 Å². The number of carbonyl (C=O) groups is 2. The van der Waals surface area contributed by atoms with E-state index in [1.165, 1.54) is 4.90 Å². The Kier molecular flexibility index (Phi) is 6.42. The molecular formula is C24H30N3O4+. The zero-order chi connectivity index (χ0) is 21.8. The van der Waals surface area contributed by atoms with Crippen LogP contribution in [0.3, 0.4) is 0 Å². The maximum absolute atomic E-state index is 12.5. The highest BCUT2D eigenvalue weighted by molar-refractivity contribution is 5.95. The van der Waals surface area contributed by atoms with E-state index in [0.29, 0.717) is 19.8 Å². The first-order valence-corrected chi connectivity index (χ1v) is 10.9. The Balaban J connectivity index is 1.30. The lowest BCUT2D eigenvalue weighted by atomic mass is 10.0. The van der Waals surface area contributed by atoms with E-state index in [0.717, 1.165) is 53.3 Å². The summed E-state index contributed by atoms with van der Waals surface area (Å²) in [5, 5.41) is 5.65. The van der Waals surface area contributed by atoms with E-state index in [1.54, 1.807) is 0 Å². The molecule has 0 spiro atoms. The summed E-state index contributed by atoms with van der Waals surface area (Å²) >= 11 is 0. The second kappa shape index (κ2) is 9.39. The van der Waals surface area contributed by atoms with Crippen LogP contribution < -0.4 is 25.0 Å². The van der Waals surface area contributed by atoms with Gasteiger partial charge in [0.05, 0.1) is 13.1 Å². The molecule has 2 aliphatic rings. The summed E-state index contributed by atoms with van der Waals surface area (Å²) in [6.07, 6.45) is 2.09. The van der Waals surface area contributed by atoms with Gasteiger partial charge in [0.15, 0.2) is 18.0 Å². The molecule has 2 aliphatic heterocycles. The van der Waals surface area contributed by atoms with Crippen molar-refractivity contribution in [2.75, 3.05) is 38.2 Å². The maximum Gasteiger partial charge on any atom is 0.275 e. The molecule has 2 aromatic rings. The number of anilines is 1. The molecule has 2 aromatic carbocycles. The third-order valence-corrected chi connectivity index (χ3v) is 6.16. The summed E-state index contributed by atoms with van der Waals surface area (Å²) in [7, 11) is 0. The van der Waals surface area contributed by atoms with Crippen molar-refractivity contribution in [3.63, 3.8) is 0 Å². The van der Waals surface area contributed by atoms with E-state index >= 15 is 0 Å². The minimum atomic E-state index is -0.221. The average molecular weight is 425 g/mol. The van der Waals surface area contributed by atoms with Crippen LogP contribution in [0.5, 0.6) is 11.5 Å². The molecule has 0 aromatic heterocycles. The Bertz CT molecular complexity index is 975. The van der Waals surface area contributed by atoms with Gasteiger partial charge >= 0.3 is 0 Å². The molecule has 7 heteroatoms. The zero-order valence-corrected chi connectivity index (χ0v) is 18.1. The van der Waals surface area contributed by atoms with E-state index in [2.05, 4.69) is 16.7 Å². The van der Waals surface area contributed by atoms with Gasteiger partial charge in [0.2, 0.25) is 5.91 Å². The second-order valence-electron chi connectivity index (χ2n) is 8.26. The lowest BCUT2D eigenvalue weighted by Crippen LogP contribution is -3.11. The van der Waals surface area contributed by atoms with Gasteiger partial charge in [-0.05, 0) is 49.2 Å². The highest BCUT2D eigenvalue weighted by Crippen LogP contribution is 2.33. The van der Waals surface area contributed by atoms with Gasteiger partial charge in [-0.3, -0.25) is 9.59 Å². The fourth-order valence-corrected chi connectivity index (χ4v) is 4.33. The van der Waals surface area contributed by atoms with Crippen molar-refractivity contribution in [1.29, 1.82) is 0 Å². The molecule has 7 nitrogen and oxygen atoms in total. The van der Waals surface area contributed by atoms with Crippen LogP contribution in [0.15, 0.2) is 36.4 Å². The van der Waals surface area contributed by atoms with E-state index in [1.807, 2.05) is 44.2 Å². The first kappa shape index (κ1) is 21.2. The summed E-state index contributed by atoms with van der Waals surface area (Å²) in [5.74, 6) is 1.22. The summed E-state index contributed by atoms with van der Waals surface area (Å²) in [4.78, 5) is 26.0. The molecule has 1 saturated heterocycles. The van der Waals surface area contributed by atoms with Crippen LogP contribution >= 0.6 is 0 Å². The summed E-state index contributed by atoms with van der Waals surface area (Å²) < 4.78 is 11.3. The first-order valence-electron chi connectivity index (χ1n) is 10.9. The number of likely N-dealkylation sites (tertiary alicyclic amines) is 1. The highest BCUT2D eigenvalue weighted by atomic mass is 16.6. The third kappa shape index (κ3) is 4.99. The van der Waals surface area contributed by atoms with E-state index in [9.17, 15) is 9.59 Å². The van der Waals surface area contributed by atoms with Crippen LogP contribution in [0.2, 0.25) is 0 Å². The van der Waals surface area contributed by atoms with E-state index < -0.39 is 0 Å². The molecule has 164 valence electrons. The number of ether oxygens (including phenoxy) is 2. The lowest BCUT2D eigenvalue weighted by molar-refractivity contribution is -0.910. The predicted molar refractivity (Wildman–Crippen MR) is 118 cm³/mol. The number of nitrogens with one attached hydrogen (secondary N) is 3. The zero-order valence-electron chi connectivity index (χ0n) is 18.1. The Morgan fingerprint density at radius 3 is 2.71 bits per heavy atom. The molecule has 2 atom stereocenters. The van der Waals surface area contributed by atoms with Crippen molar-refractivity contribution in [3.05, 3.63) is 53.1 Å². The summed E-state index contributed by atoms with van der Waals surface area (Å²) in [5.41, 5.74) is 4.09. The number of carbonyl (C=O) groups excluding carboxylic acids is 2. The quantitative estimate of drug-likeness (QED) is 0.657. The van der Waals surface area contributed by atoms with Gasteiger partial charge in [0.25, 0.3) is 5.91 Å². The number of amides is 2. The van der Waals surface area contributed by atoms with Gasteiger partial charge in [-0.2, -0.15) is 0 Å². The van der Waals surface area contributed by atoms with Crippen molar-refractivity contribution in [3.8, 4) is 11.5 Å². The standard InChI is InChI=1S/C24H29N3O4/c1-16-5-3-6-19(17(16)2)26-23(28)14-25-24(29)15-27-10-4-7-20(27)18-8-9-21-22(13-18)31-12-11-30-21/h3,5-6,8-9,13,20H,4,7,10-12,14-15H2,1-2H3,(H,25,29)(H,26,28)/p+1/t20-/m0/s1. The minimum Gasteiger partial charge on any atom is -0.486 e. The predicted octanol–water partition coefficient (Wildman–Crippen LogP) is 1.55. The van der Waals surface area contributed by atoms with Crippen molar-refractivity contribution < 1.29 is 24.0 Å². The molecule has 1 fully saturated rings. The SMILES string of the molecule is Cc1cccc(NC(=O)CNC(=O)C[NH+]2CCC[C@H]2c2ccc3c(c2)OCCO3)c1C. The van der Waals surface area contributed by atoms with Crippen LogP contribution in [-0.2, 0) is 9.59 Å². The molecule has 0 radical (unpaired) electrons. The fourth-order valence-electron chi connectivity index (χ4n) is 4.33. The van der Waals surface area contributed by atoms with Crippen molar-refractivity contribution >= 4 is 17.5 Å². The van der Waals surface area contributed by atoms with Crippen LogP contribution in [0, 0.1) is 13.8 Å². The van der Waals surface area contributed by atoms with Crippen LogP contribution in [-0.4, -0.2) is 44.7 Å². The molecule has 0 saturated carbocycles. The van der Waals surface area contributed by atoms with E-state index in [4.69, 9.17) is 9.47 Å². The van der Waals surface area contributed by atoms with Gasteiger partial charge in [0.1, 0.15) is 19.3 Å². The highest BCUT2D eigenvalue weighted by Gasteiger charge is 2.32. The normalized spacial score (nSPS) is 19.7. The third-order valence-electron chi connectivity index (χ3n) is 6.16. The molecular weight excluding hydrogens is 394 g/mol. The fraction of sp³-hybridized carbons (Fsp3) is 0.417. The molecule has 2 heterocycles. The first-order chi connectivity index (χ1) is 15.0. The van der Waals surface area contributed by atoms with E-state index in [-0.39, 0.29) is 24.4 Å². The molecule has 0 aliphatic carbocycles. The Labute approximate surface area is 182 Å². The van der Waals surface area contributed by atoms with Gasteiger partial charge in [0, 0.05) is 24.1 Å². The molecule has 1 unspecified atom stereocenters. The van der Waals surface area contributed by atoms with Gasteiger partial charge in [-0.15, -0.1) is 0 Å². The molecule has 4 rings (SSSR count). The monoisotopic (exact) mass is 424 g/mol. The molecule has 2 amide bonds. The number of fused-ring (bicyclic) bond motifs is 1. The smallest absolute Gasteiger partial charge is 0.275 e. The van der Waals surface area contributed by atoms with Crippen LogP contribution in [0.1, 0.15) is 35.6 Å². The van der Waals surface area contributed by atoms with Crippen molar-refractivity contribution in [1.82, 2.24) is 5.32 Å². The van der Waals surface area contributed by atoms with Crippen molar-refractivity contribution in [2.24, 2.45) is 0 Å². The molecule has 3 N–H and O–H groups in total. The Hall–Kier alpha value is -3.06. The maximum atomic E-state index is 12.5. The number of benzene rings is 2. The lowest BCUT2D eigenvalue weighted by Gasteiger charge is -2.24. The number of aryl methyl sites for hydroxylation is 1. The average Bonchev–Trinajstić information content (AvgIpc) is 3.23. The molecule has 31 heavy (non-hydrogen) atoms. The summed E-state index contributed by atoms with van der Waals surface area (Å²) in [6.45, 7) is 6.35. The minimum absolute atomic E-state index is 0.0335. The Morgan fingerprint density at radius 1 is 1.06 bits per heavy atom. The topological polar surface area (TPSA) is 81.1 Å². The number of hydrogen-bond acceptors (Lipinski definition) is 4.